The highest BCUT2D eigenvalue weighted by molar-refractivity contribution is 6.34. The van der Waals surface area contributed by atoms with Crippen LogP contribution < -0.4 is 11.3 Å². The van der Waals surface area contributed by atoms with Crippen LogP contribution in [0.4, 0.5) is 0 Å². The molecule has 1 aliphatic heterocycles. The minimum atomic E-state index is -0.119. The molecule has 0 saturated carbocycles. The number of likely N-dealkylation sites (tertiary alicyclic amines) is 1. The lowest BCUT2D eigenvalue weighted by molar-refractivity contribution is 0.0972. The van der Waals surface area contributed by atoms with E-state index in [1.807, 2.05) is 24.3 Å². The zero-order valence-electron chi connectivity index (χ0n) is 12.5. The van der Waals surface area contributed by atoms with E-state index >= 15 is 0 Å². The monoisotopic (exact) mass is 307 g/mol. The molecule has 1 aromatic carbocycles. The third-order valence-corrected chi connectivity index (χ3v) is 4.89. The Morgan fingerprint density at radius 2 is 2.05 bits per heavy atom. The average molecular weight is 308 g/mol. The van der Waals surface area contributed by atoms with Crippen molar-refractivity contribution in [2.45, 2.75) is 38.3 Å². The molecule has 2 heterocycles. The Morgan fingerprint density at radius 3 is 2.67 bits per heavy atom. The SMILES string of the molecule is CC(C)(C(NN)c1cc2cccc(Cl)c2o1)N1CCCC1. The van der Waals surface area contributed by atoms with Crippen molar-refractivity contribution in [2.75, 3.05) is 13.1 Å². The predicted octanol–water partition coefficient (Wildman–Crippen LogP) is 3.47. The van der Waals surface area contributed by atoms with Crippen molar-refractivity contribution in [3.05, 3.63) is 35.0 Å². The molecule has 1 unspecified atom stereocenters. The second kappa shape index (κ2) is 5.61. The first-order valence-corrected chi connectivity index (χ1v) is 7.81. The van der Waals surface area contributed by atoms with Gasteiger partial charge in [0.2, 0.25) is 0 Å². The fourth-order valence-electron chi connectivity index (χ4n) is 3.30. The maximum atomic E-state index is 6.20. The number of hydrogen-bond acceptors (Lipinski definition) is 4. The van der Waals surface area contributed by atoms with Crippen LogP contribution in [0.25, 0.3) is 11.0 Å². The van der Waals surface area contributed by atoms with E-state index in [9.17, 15) is 0 Å². The van der Waals surface area contributed by atoms with Gasteiger partial charge in [-0.2, -0.15) is 0 Å². The molecule has 1 aliphatic rings. The summed E-state index contributed by atoms with van der Waals surface area (Å²) in [5, 5.41) is 1.64. The predicted molar refractivity (Wildman–Crippen MR) is 86.2 cm³/mol. The van der Waals surface area contributed by atoms with Gasteiger partial charge in [-0.05, 0) is 51.9 Å². The van der Waals surface area contributed by atoms with E-state index in [0.717, 1.165) is 29.8 Å². The summed E-state index contributed by atoms with van der Waals surface area (Å²) in [6.07, 6.45) is 2.49. The topological polar surface area (TPSA) is 54.4 Å². The second-order valence-electron chi connectivity index (χ2n) is 6.25. The maximum Gasteiger partial charge on any atom is 0.152 e. The Morgan fingerprint density at radius 1 is 1.33 bits per heavy atom. The summed E-state index contributed by atoms with van der Waals surface area (Å²) in [6, 6.07) is 7.72. The smallest absolute Gasteiger partial charge is 0.152 e. The molecule has 21 heavy (non-hydrogen) atoms. The molecule has 2 aromatic rings. The number of hydrogen-bond donors (Lipinski definition) is 2. The first-order chi connectivity index (χ1) is 10.0. The lowest BCUT2D eigenvalue weighted by Crippen LogP contribution is -2.53. The van der Waals surface area contributed by atoms with E-state index in [1.165, 1.54) is 12.8 Å². The van der Waals surface area contributed by atoms with Gasteiger partial charge in [0, 0.05) is 10.9 Å². The van der Waals surface area contributed by atoms with Crippen molar-refractivity contribution < 1.29 is 4.42 Å². The van der Waals surface area contributed by atoms with E-state index < -0.39 is 0 Å². The molecule has 4 nitrogen and oxygen atoms in total. The van der Waals surface area contributed by atoms with Crippen molar-refractivity contribution in [1.82, 2.24) is 10.3 Å². The lowest BCUT2D eigenvalue weighted by atomic mass is 9.91. The molecular formula is C16H22ClN3O. The minimum Gasteiger partial charge on any atom is -0.458 e. The van der Waals surface area contributed by atoms with Crippen LogP contribution >= 0.6 is 11.6 Å². The number of nitrogens with zero attached hydrogens (tertiary/aromatic N) is 1. The van der Waals surface area contributed by atoms with Gasteiger partial charge >= 0.3 is 0 Å². The lowest BCUT2D eigenvalue weighted by Gasteiger charge is -2.40. The van der Waals surface area contributed by atoms with E-state index in [1.54, 1.807) is 0 Å². The van der Waals surface area contributed by atoms with Gasteiger partial charge in [-0.15, -0.1) is 0 Å². The maximum absolute atomic E-state index is 6.20. The van der Waals surface area contributed by atoms with Crippen molar-refractivity contribution in [1.29, 1.82) is 0 Å². The number of hydrazine groups is 1. The van der Waals surface area contributed by atoms with Crippen LogP contribution in [0.3, 0.4) is 0 Å². The summed E-state index contributed by atoms with van der Waals surface area (Å²) in [6.45, 7) is 6.62. The highest BCUT2D eigenvalue weighted by Crippen LogP contribution is 2.37. The second-order valence-corrected chi connectivity index (χ2v) is 6.66. The Kier molecular flexibility index (Phi) is 3.97. The Balaban J connectivity index is 1.99. The van der Waals surface area contributed by atoms with Crippen molar-refractivity contribution in [3.63, 3.8) is 0 Å². The van der Waals surface area contributed by atoms with Gasteiger partial charge in [-0.25, -0.2) is 5.43 Å². The summed E-state index contributed by atoms with van der Waals surface area (Å²) in [7, 11) is 0. The molecule has 0 aliphatic carbocycles. The van der Waals surface area contributed by atoms with Crippen molar-refractivity contribution in [3.8, 4) is 0 Å². The molecule has 3 N–H and O–H groups in total. The molecule has 3 rings (SSSR count). The molecule has 0 amide bonds. The van der Waals surface area contributed by atoms with E-state index in [2.05, 4.69) is 24.2 Å². The number of halogens is 1. The quantitative estimate of drug-likeness (QED) is 0.671. The van der Waals surface area contributed by atoms with Gasteiger partial charge in [-0.1, -0.05) is 23.7 Å². The molecule has 0 radical (unpaired) electrons. The summed E-state index contributed by atoms with van der Waals surface area (Å²) < 4.78 is 6.00. The molecular weight excluding hydrogens is 286 g/mol. The molecule has 1 aromatic heterocycles. The highest BCUT2D eigenvalue weighted by atomic mass is 35.5. The van der Waals surface area contributed by atoms with Crippen LogP contribution in [0.2, 0.25) is 5.02 Å². The van der Waals surface area contributed by atoms with Gasteiger partial charge in [0.1, 0.15) is 5.76 Å². The Labute approximate surface area is 130 Å². The number of para-hydroxylation sites is 1. The summed E-state index contributed by atoms with van der Waals surface area (Å²) in [4.78, 5) is 2.46. The summed E-state index contributed by atoms with van der Waals surface area (Å²) in [5.41, 5.74) is 3.55. The standard InChI is InChI=1S/C16H22ClN3O/c1-16(2,20-8-3-4-9-20)15(19-18)13-10-11-6-5-7-12(17)14(11)21-13/h5-7,10,15,19H,3-4,8-9,18H2,1-2H3. The number of furan rings is 1. The number of rotatable bonds is 4. The average Bonchev–Trinajstić information content (AvgIpc) is 3.08. The molecule has 1 atom stereocenters. The van der Waals surface area contributed by atoms with Crippen LogP contribution in [-0.4, -0.2) is 23.5 Å². The van der Waals surface area contributed by atoms with Gasteiger partial charge in [0.25, 0.3) is 0 Å². The summed E-state index contributed by atoms with van der Waals surface area (Å²) >= 11 is 6.20. The van der Waals surface area contributed by atoms with Crippen LogP contribution in [0.1, 0.15) is 38.5 Å². The number of nitrogens with two attached hydrogens (primary N) is 1. The van der Waals surface area contributed by atoms with Gasteiger partial charge in [0.15, 0.2) is 5.58 Å². The third kappa shape index (κ3) is 2.57. The Hall–Kier alpha value is -1.07. The molecule has 1 fully saturated rings. The minimum absolute atomic E-state index is 0.0842. The summed E-state index contributed by atoms with van der Waals surface area (Å²) in [5.74, 6) is 6.68. The third-order valence-electron chi connectivity index (χ3n) is 4.59. The van der Waals surface area contributed by atoms with E-state index in [0.29, 0.717) is 5.02 Å². The normalized spacial score (nSPS) is 18.5. The first kappa shape index (κ1) is 14.9. The number of benzene rings is 1. The number of nitrogens with one attached hydrogen (secondary N) is 1. The van der Waals surface area contributed by atoms with Crippen molar-refractivity contribution in [2.24, 2.45) is 5.84 Å². The molecule has 1 saturated heterocycles. The van der Waals surface area contributed by atoms with Gasteiger partial charge < -0.3 is 4.42 Å². The fourth-order valence-corrected chi connectivity index (χ4v) is 3.52. The van der Waals surface area contributed by atoms with Gasteiger partial charge in [0.05, 0.1) is 11.1 Å². The number of fused-ring (bicyclic) bond motifs is 1. The molecule has 114 valence electrons. The van der Waals surface area contributed by atoms with Crippen LogP contribution in [0.5, 0.6) is 0 Å². The van der Waals surface area contributed by atoms with Crippen LogP contribution in [0, 0.1) is 0 Å². The molecule has 0 bridgehead atoms. The van der Waals surface area contributed by atoms with Crippen molar-refractivity contribution >= 4 is 22.6 Å². The first-order valence-electron chi connectivity index (χ1n) is 7.43. The largest absolute Gasteiger partial charge is 0.458 e. The zero-order chi connectivity index (χ0) is 15.0. The van der Waals surface area contributed by atoms with Gasteiger partial charge in [-0.3, -0.25) is 10.7 Å². The molecule has 0 spiro atoms. The van der Waals surface area contributed by atoms with E-state index in [-0.39, 0.29) is 11.6 Å². The highest BCUT2D eigenvalue weighted by Gasteiger charge is 2.39. The Bertz CT molecular complexity index is 631. The van der Waals surface area contributed by atoms with Crippen LogP contribution in [0.15, 0.2) is 28.7 Å². The van der Waals surface area contributed by atoms with E-state index in [4.69, 9.17) is 21.9 Å². The molecule has 5 heteroatoms. The zero-order valence-corrected chi connectivity index (χ0v) is 13.3. The van der Waals surface area contributed by atoms with Crippen LogP contribution in [-0.2, 0) is 0 Å². The fraction of sp³-hybridized carbons (Fsp3) is 0.500.